The van der Waals surface area contributed by atoms with Gasteiger partial charge in [-0.1, -0.05) is 93.6 Å². The molecule has 2 saturated heterocycles. The Morgan fingerprint density at radius 2 is 1.59 bits per heavy atom. The fourth-order valence-corrected chi connectivity index (χ4v) is 13.2. The quantitative estimate of drug-likeness (QED) is 0.0847. The van der Waals surface area contributed by atoms with Crippen molar-refractivity contribution in [3.63, 3.8) is 0 Å². The summed E-state index contributed by atoms with van der Waals surface area (Å²) in [6.07, 6.45) is 6.18. The Balaban J connectivity index is 1.36. The molecule has 1 spiro atoms. The molecular weight excluding hydrogens is 641 g/mol. The molecule has 2 aliphatic carbocycles. The highest BCUT2D eigenvalue weighted by Gasteiger charge is 2.70. The maximum atomic E-state index is 14.4. The number of hydrogen-bond donors (Lipinski definition) is 0. The Labute approximate surface area is 291 Å². The van der Waals surface area contributed by atoms with E-state index in [1.165, 1.54) is 7.11 Å². The lowest BCUT2D eigenvalue weighted by Gasteiger charge is -2.49. The molecule has 0 N–H and O–H groups in total. The van der Waals surface area contributed by atoms with E-state index in [4.69, 9.17) is 32.8 Å². The van der Waals surface area contributed by atoms with Crippen LogP contribution >= 0.6 is 0 Å². The maximum Gasteiger partial charge on any atom is 0.333 e. The van der Waals surface area contributed by atoms with Gasteiger partial charge in [0.15, 0.2) is 0 Å². The largest absolute Gasteiger partial charge is 0.466 e. The van der Waals surface area contributed by atoms with Gasteiger partial charge in [0.25, 0.3) is 8.32 Å². The molecule has 0 saturated carbocycles. The highest BCUT2D eigenvalue weighted by atomic mass is 28.4. The number of carbonyl (C=O) groups is 2. The smallest absolute Gasteiger partial charge is 0.333 e. The summed E-state index contributed by atoms with van der Waals surface area (Å²) in [4.78, 5) is 27.7. The van der Waals surface area contributed by atoms with Crippen LogP contribution in [0.25, 0.3) is 0 Å². The van der Waals surface area contributed by atoms with Gasteiger partial charge in [0.05, 0.1) is 39.5 Å². The van der Waals surface area contributed by atoms with Gasteiger partial charge in [-0.25, -0.2) is 4.79 Å². The third-order valence-corrected chi connectivity index (χ3v) is 15.9. The van der Waals surface area contributed by atoms with E-state index in [1.807, 2.05) is 18.2 Å². The highest BCUT2D eigenvalue weighted by molar-refractivity contribution is 6.99. The zero-order valence-electron chi connectivity index (χ0n) is 29.4. The van der Waals surface area contributed by atoms with Crippen LogP contribution in [-0.4, -0.2) is 80.1 Å². The lowest BCUT2D eigenvalue weighted by atomic mass is 9.62. The minimum Gasteiger partial charge on any atom is -0.466 e. The van der Waals surface area contributed by atoms with Crippen molar-refractivity contribution in [2.45, 2.75) is 57.3 Å². The molecular formula is C39H50O9Si. The average Bonchev–Trinajstić information content (AvgIpc) is 3.26. The molecule has 2 aromatic carbocycles. The molecule has 0 aromatic heterocycles. The SMILES string of the molecule is COCCOCOCC[C@H]1C=C2[C@@]3(CCO[Si](c4ccccc4)(c4ccccc4)C(C)(C)C)CC(C(=O)OC)=C[C@H]4[C@@H]1CCO[C@@]24OC3=O. The summed E-state index contributed by atoms with van der Waals surface area (Å²) >= 11 is 0. The Morgan fingerprint density at radius 3 is 2.22 bits per heavy atom. The third kappa shape index (κ3) is 6.36. The minimum atomic E-state index is -2.90. The first-order valence-corrected chi connectivity index (χ1v) is 19.3. The number of rotatable bonds is 15. The van der Waals surface area contributed by atoms with Gasteiger partial charge in [0, 0.05) is 24.9 Å². The molecule has 0 radical (unpaired) electrons. The molecule has 4 aliphatic rings. The highest BCUT2D eigenvalue weighted by Crippen LogP contribution is 2.64. The van der Waals surface area contributed by atoms with Crippen molar-refractivity contribution in [3.8, 4) is 0 Å². The monoisotopic (exact) mass is 690 g/mol. The zero-order chi connectivity index (χ0) is 34.7. The van der Waals surface area contributed by atoms with E-state index >= 15 is 0 Å². The average molecular weight is 691 g/mol. The van der Waals surface area contributed by atoms with E-state index in [9.17, 15) is 9.59 Å². The van der Waals surface area contributed by atoms with Crippen LogP contribution in [0.1, 0.15) is 46.5 Å². The van der Waals surface area contributed by atoms with Gasteiger partial charge >= 0.3 is 11.9 Å². The molecule has 6 rings (SSSR count). The van der Waals surface area contributed by atoms with Crippen LogP contribution in [0.15, 0.2) is 84.0 Å². The van der Waals surface area contributed by atoms with E-state index < -0.39 is 25.5 Å². The van der Waals surface area contributed by atoms with E-state index in [1.54, 1.807) is 7.11 Å². The number of esters is 2. The first kappa shape index (κ1) is 35.7. The van der Waals surface area contributed by atoms with Gasteiger partial charge in [-0.3, -0.25) is 4.79 Å². The van der Waals surface area contributed by atoms with E-state index in [2.05, 4.69) is 75.4 Å². The van der Waals surface area contributed by atoms with Crippen LogP contribution < -0.4 is 10.4 Å². The Hall–Kier alpha value is -3.12. The van der Waals surface area contributed by atoms with Crippen molar-refractivity contribution >= 4 is 30.6 Å². The number of methoxy groups -OCH3 is 2. The zero-order valence-corrected chi connectivity index (χ0v) is 30.4. The van der Waals surface area contributed by atoms with Gasteiger partial charge in [-0.05, 0) is 52.9 Å². The minimum absolute atomic E-state index is 0.0933. The summed E-state index contributed by atoms with van der Waals surface area (Å²) in [7, 11) is 0.126. The molecule has 2 aliphatic heterocycles. The van der Waals surface area contributed by atoms with Crippen molar-refractivity contribution < 1.29 is 42.4 Å². The van der Waals surface area contributed by atoms with Crippen LogP contribution in [-0.2, 0) is 42.4 Å². The van der Waals surface area contributed by atoms with E-state index in [0.29, 0.717) is 38.4 Å². The van der Waals surface area contributed by atoms with Crippen LogP contribution in [0.2, 0.25) is 5.04 Å². The molecule has 10 heteroatoms. The van der Waals surface area contributed by atoms with E-state index in [-0.39, 0.29) is 48.6 Å². The molecule has 264 valence electrons. The van der Waals surface area contributed by atoms with Crippen molar-refractivity contribution in [2.75, 3.05) is 54.0 Å². The molecule has 0 unspecified atom stereocenters. The van der Waals surface area contributed by atoms with Gasteiger partial charge in [0.1, 0.15) is 12.2 Å². The summed E-state index contributed by atoms with van der Waals surface area (Å²) in [5.74, 6) is -2.16. The van der Waals surface area contributed by atoms with Crippen molar-refractivity contribution in [1.29, 1.82) is 0 Å². The first-order valence-electron chi connectivity index (χ1n) is 17.4. The van der Waals surface area contributed by atoms with Crippen LogP contribution in [0, 0.1) is 23.2 Å². The normalized spacial score (nSPS) is 27.5. The summed E-state index contributed by atoms with van der Waals surface area (Å²) in [6.45, 7) is 9.10. The predicted octanol–water partition coefficient (Wildman–Crippen LogP) is 4.93. The van der Waals surface area contributed by atoms with Crippen molar-refractivity contribution in [2.24, 2.45) is 23.2 Å². The Kier molecular flexibility index (Phi) is 10.6. The summed E-state index contributed by atoms with van der Waals surface area (Å²) in [5.41, 5.74) is 0.153. The first-order chi connectivity index (χ1) is 23.6. The fraction of sp³-hybridized carbons (Fsp3) is 0.538. The topological polar surface area (TPSA) is 98.8 Å². The van der Waals surface area contributed by atoms with Gasteiger partial charge in [-0.2, -0.15) is 0 Å². The predicted molar refractivity (Wildman–Crippen MR) is 187 cm³/mol. The number of hydrogen-bond acceptors (Lipinski definition) is 9. The number of ether oxygens (including phenoxy) is 6. The van der Waals surface area contributed by atoms with Crippen molar-refractivity contribution in [1.82, 2.24) is 0 Å². The number of carbonyl (C=O) groups excluding carboxylic acids is 2. The third-order valence-electron chi connectivity index (χ3n) is 10.9. The summed E-state index contributed by atoms with van der Waals surface area (Å²) in [6, 6.07) is 20.9. The fourth-order valence-electron chi connectivity index (χ4n) is 8.66. The number of allylic oxidation sites excluding steroid dienone is 1. The second-order valence-electron chi connectivity index (χ2n) is 14.5. The molecule has 49 heavy (non-hydrogen) atoms. The molecule has 5 atom stereocenters. The lowest BCUT2D eigenvalue weighted by Crippen LogP contribution is -2.66. The molecule has 5 bridgehead atoms. The lowest BCUT2D eigenvalue weighted by molar-refractivity contribution is -0.247. The standard InChI is InChI=1S/C39H50O9Si/c1-37(2,3)49(30-12-8-6-9-13-30,31-14-10-7-11-15-31)47-21-18-38-26-29(35(40)43-5)24-33-32-17-20-46-39(33,48-36(38)41)34(38)25-28(32)16-19-44-27-45-23-22-42-4/h6-15,24-25,28,32-33H,16-23,26-27H2,1-5H3/t28-,32+,33-,38+,39-/m0/s1. The Bertz CT molecular complexity index is 1490. The van der Waals surface area contributed by atoms with Gasteiger partial charge in [0.2, 0.25) is 5.79 Å². The molecule has 2 heterocycles. The van der Waals surface area contributed by atoms with Gasteiger partial charge in [-0.15, -0.1) is 0 Å². The molecule has 2 aromatic rings. The molecule has 9 nitrogen and oxygen atoms in total. The second kappa shape index (κ2) is 14.6. The second-order valence-corrected chi connectivity index (χ2v) is 18.9. The molecule has 2 fully saturated rings. The van der Waals surface area contributed by atoms with E-state index in [0.717, 1.165) is 28.8 Å². The van der Waals surface area contributed by atoms with Gasteiger partial charge < -0.3 is 32.8 Å². The Morgan fingerprint density at radius 1 is 0.918 bits per heavy atom. The summed E-state index contributed by atoms with van der Waals surface area (Å²) < 4.78 is 41.8. The molecule has 0 amide bonds. The van der Waals surface area contributed by atoms with Crippen LogP contribution in [0.5, 0.6) is 0 Å². The van der Waals surface area contributed by atoms with Crippen molar-refractivity contribution in [3.05, 3.63) is 84.0 Å². The maximum absolute atomic E-state index is 14.4. The van der Waals surface area contributed by atoms with Crippen LogP contribution in [0.4, 0.5) is 0 Å². The number of benzene rings is 2. The van der Waals surface area contributed by atoms with Crippen LogP contribution in [0.3, 0.4) is 0 Å². The summed E-state index contributed by atoms with van der Waals surface area (Å²) in [5, 5.41) is 2.09.